The first kappa shape index (κ1) is 17.4. The van der Waals surface area contributed by atoms with Gasteiger partial charge in [0.15, 0.2) is 0 Å². The second-order valence-electron chi connectivity index (χ2n) is 6.33. The monoisotopic (exact) mass is 416 g/mol. The Morgan fingerprint density at radius 2 is 1.48 bits per heavy atom. The third-order valence-corrected chi connectivity index (χ3v) is 5.00. The lowest BCUT2D eigenvalue weighted by atomic mass is 9.97. The van der Waals surface area contributed by atoms with Crippen LogP contribution in [0.5, 0.6) is 0 Å². The lowest BCUT2D eigenvalue weighted by Gasteiger charge is -2.08. The second-order valence-corrected chi connectivity index (χ2v) is 7.24. The van der Waals surface area contributed by atoms with Crippen LogP contribution in [0.25, 0.3) is 21.5 Å². The minimum absolute atomic E-state index is 0.141. The summed E-state index contributed by atoms with van der Waals surface area (Å²) in [5, 5.41) is 8.75. The summed E-state index contributed by atoms with van der Waals surface area (Å²) in [6.07, 6.45) is 2.03. The van der Waals surface area contributed by atoms with Gasteiger partial charge in [-0.25, -0.2) is 5.43 Å². The van der Waals surface area contributed by atoms with E-state index in [1.807, 2.05) is 48.5 Å². The molecule has 0 aliphatic rings. The fourth-order valence-corrected chi connectivity index (χ4v) is 3.45. The predicted octanol–water partition coefficient (Wildman–Crippen LogP) is 5.45. The molecule has 0 saturated heterocycles. The maximum Gasteiger partial charge on any atom is 0.244 e. The Bertz CT molecular complexity index is 1100. The average molecular weight is 417 g/mol. The molecule has 0 aliphatic carbocycles. The largest absolute Gasteiger partial charge is 0.273 e. The van der Waals surface area contributed by atoms with Crippen molar-refractivity contribution in [2.24, 2.45) is 5.10 Å². The van der Waals surface area contributed by atoms with E-state index < -0.39 is 0 Å². The van der Waals surface area contributed by atoms with Gasteiger partial charge < -0.3 is 0 Å². The number of carbonyl (C=O) groups excluding carboxylic acids is 1. The topological polar surface area (TPSA) is 41.5 Å². The first-order chi connectivity index (χ1) is 13.2. The van der Waals surface area contributed by atoms with E-state index in [0.717, 1.165) is 37.1 Å². The van der Waals surface area contributed by atoms with Gasteiger partial charge in [-0.15, -0.1) is 0 Å². The highest BCUT2D eigenvalue weighted by Crippen LogP contribution is 2.27. The van der Waals surface area contributed by atoms with Gasteiger partial charge in [-0.1, -0.05) is 76.6 Å². The molecule has 0 atom stereocenters. The summed E-state index contributed by atoms with van der Waals surface area (Å²) < 4.78 is 0.993. The molecule has 0 unspecified atom stereocenters. The Labute approximate surface area is 165 Å². The summed E-state index contributed by atoms with van der Waals surface area (Å²) >= 11 is 3.39. The van der Waals surface area contributed by atoms with E-state index >= 15 is 0 Å². The molecule has 0 aliphatic heterocycles. The lowest BCUT2D eigenvalue weighted by molar-refractivity contribution is -0.120. The van der Waals surface area contributed by atoms with Crippen molar-refractivity contribution in [2.45, 2.75) is 6.42 Å². The van der Waals surface area contributed by atoms with Gasteiger partial charge in [0.2, 0.25) is 5.91 Å². The number of hydrogen-bond acceptors (Lipinski definition) is 2. The van der Waals surface area contributed by atoms with Crippen molar-refractivity contribution in [1.82, 2.24) is 5.43 Å². The number of hydrogen-bond donors (Lipinski definition) is 1. The molecule has 3 nitrogen and oxygen atoms in total. The number of carbonyl (C=O) groups is 1. The van der Waals surface area contributed by atoms with Crippen LogP contribution in [-0.4, -0.2) is 12.1 Å². The van der Waals surface area contributed by atoms with Crippen LogP contribution in [-0.2, 0) is 11.2 Å². The maximum absolute atomic E-state index is 12.2. The van der Waals surface area contributed by atoms with Gasteiger partial charge in [0, 0.05) is 10.0 Å². The Kier molecular flexibility index (Phi) is 4.99. The van der Waals surface area contributed by atoms with Crippen LogP contribution in [0.2, 0.25) is 0 Å². The minimum atomic E-state index is -0.141. The molecule has 0 heterocycles. The van der Waals surface area contributed by atoms with Crippen LogP contribution < -0.4 is 5.43 Å². The van der Waals surface area contributed by atoms with Gasteiger partial charge >= 0.3 is 0 Å². The maximum atomic E-state index is 12.2. The third kappa shape index (κ3) is 3.91. The van der Waals surface area contributed by atoms with Gasteiger partial charge in [0.25, 0.3) is 0 Å². The third-order valence-electron chi connectivity index (χ3n) is 4.47. The van der Waals surface area contributed by atoms with Gasteiger partial charge in [0.05, 0.1) is 12.6 Å². The van der Waals surface area contributed by atoms with Crippen LogP contribution in [0.4, 0.5) is 0 Å². The van der Waals surface area contributed by atoms with Crippen molar-refractivity contribution in [3.05, 3.63) is 94.5 Å². The number of rotatable bonds is 4. The molecule has 4 rings (SSSR count). The zero-order chi connectivity index (χ0) is 18.6. The van der Waals surface area contributed by atoms with Gasteiger partial charge in [-0.2, -0.15) is 5.10 Å². The molecule has 4 aromatic carbocycles. The summed E-state index contributed by atoms with van der Waals surface area (Å²) in [6, 6.07) is 26.3. The molecule has 0 bridgehead atoms. The highest BCUT2D eigenvalue weighted by molar-refractivity contribution is 9.10. The smallest absolute Gasteiger partial charge is 0.244 e. The fraction of sp³-hybridized carbons (Fsp3) is 0.0435. The number of halogens is 1. The number of fused-ring (bicyclic) bond motifs is 2. The van der Waals surface area contributed by atoms with Crippen molar-refractivity contribution < 1.29 is 4.79 Å². The van der Waals surface area contributed by atoms with Crippen LogP contribution >= 0.6 is 15.9 Å². The molecule has 0 fully saturated rings. The summed E-state index contributed by atoms with van der Waals surface area (Å²) in [6.45, 7) is 0. The Morgan fingerprint density at radius 3 is 2.11 bits per heavy atom. The Balaban J connectivity index is 1.60. The van der Waals surface area contributed by atoms with Crippen LogP contribution in [0.1, 0.15) is 11.1 Å². The fourth-order valence-electron chi connectivity index (χ4n) is 3.18. The highest BCUT2D eigenvalue weighted by atomic mass is 79.9. The molecule has 1 amide bonds. The molecule has 4 aromatic rings. The Hall–Kier alpha value is -2.98. The Morgan fingerprint density at radius 1 is 0.889 bits per heavy atom. The summed E-state index contributed by atoms with van der Waals surface area (Å²) in [4.78, 5) is 12.2. The molecule has 1 N–H and O–H groups in total. The van der Waals surface area contributed by atoms with Gasteiger partial charge in [0.1, 0.15) is 0 Å². The van der Waals surface area contributed by atoms with Crippen molar-refractivity contribution in [1.29, 1.82) is 0 Å². The van der Waals surface area contributed by atoms with E-state index in [4.69, 9.17) is 0 Å². The van der Waals surface area contributed by atoms with Crippen LogP contribution in [0.3, 0.4) is 0 Å². The first-order valence-corrected chi connectivity index (χ1v) is 9.47. The van der Waals surface area contributed by atoms with Crippen LogP contribution in [0.15, 0.2) is 88.4 Å². The van der Waals surface area contributed by atoms with E-state index in [9.17, 15) is 4.79 Å². The van der Waals surface area contributed by atoms with Crippen molar-refractivity contribution in [3.63, 3.8) is 0 Å². The SMILES string of the molecule is O=C(Cc1ccc(Br)cc1)N/N=C/c1c2ccccc2cc2ccccc12. The normalized spacial score (nSPS) is 11.3. The highest BCUT2D eigenvalue weighted by Gasteiger charge is 2.06. The molecule has 27 heavy (non-hydrogen) atoms. The molecule has 0 saturated carbocycles. The quantitative estimate of drug-likeness (QED) is 0.268. The zero-order valence-corrected chi connectivity index (χ0v) is 16.1. The molecule has 4 heteroatoms. The van der Waals surface area contributed by atoms with Crippen LogP contribution in [0, 0.1) is 0 Å². The molecule has 0 aromatic heterocycles. The standard InChI is InChI=1S/C23H17BrN2O/c24-19-11-9-16(10-12-19)13-23(27)26-25-15-22-20-7-3-1-5-17(20)14-18-6-2-4-8-21(18)22/h1-12,14-15H,13H2,(H,26,27)/b25-15+. The number of hydrazone groups is 1. The average Bonchev–Trinajstić information content (AvgIpc) is 2.69. The molecule has 132 valence electrons. The molecule has 0 spiro atoms. The lowest BCUT2D eigenvalue weighted by Crippen LogP contribution is -2.19. The number of benzene rings is 4. The predicted molar refractivity (Wildman–Crippen MR) is 115 cm³/mol. The van der Waals surface area contributed by atoms with Crippen molar-refractivity contribution in [2.75, 3.05) is 0 Å². The van der Waals surface area contributed by atoms with Crippen molar-refractivity contribution >= 4 is 49.6 Å². The number of nitrogens with one attached hydrogen (secondary N) is 1. The molecular formula is C23H17BrN2O. The van der Waals surface area contributed by atoms with Gasteiger partial charge in [-0.3, -0.25) is 4.79 Å². The van der Waals surface area contributed by atoms with Crippen molar-refractivity contribution in [3.8, 4) is 0 Å². The number of nitrogens with zero attached hydrogens (tertiary/aromatic N) is 1. The van der Waals surface area contributed by atoms with Gasteiger partial charge in [-0.05, 0) is 45.3 Å². The molecular weight excluding hydrogens is 400 g/mol. The van der Waals surface area contributed by atoms with E-state index in [2.05, 4.69) is 56.8 Å². The summed E-state index contributed by atoms with van der Waals surface area (Å²) in [5.74, 6) is -0.141. The minimum Gasteiger partial charge on any atom is -0.273 e. The first-order valence-electron chi connectivity index (χ1n) is 8.67. The van der Waals surface area contributed by atoms with E-state index in [0.29, 0.717) is 6.42 Å². The second kappa shape index (κ2) is 7.72. The zero-order valence-electron chi connectivity index (χ0n) is 14.5. The molecule has 0 radical (unpaired) electrons. The van der Waals surface area contributed by atoms with E-state index in [-0.39, 0.29) is 5.91 Å². The van der Waals surface area contributed by atoms with E-state index in [1.54, 1.807) is 6.21 Å². The number of amides is 1. The van der Waals surface area contributed by atoms with E-state index in [1.165, 1.54) is 0 Å². The summed E-state index contributed by atoms with van der Waals surface area (Å²) in [7, 11) is 0. The summed E-state index contributed by atoms with van der Waals surface area (Å²) in [5.41, 5.74) is 4.60.